The number of amides is 1. The lowest BCUT2D eigenvalue weighted by atomic mass is 9.88. The fraction of sp³-hybridized carbons (Fsp3) is 0.440. The summed E-state index contributed by atoms with van der Waals surface area (Å²) in [5, 5.41) is 3.05. The van der Waals surface area contributed by atoms with E-state index in [1.807, 2.05) is 48.0 Å². The molecule has 2 aromatic heterocycles. The van der Waals surface area contributed by atoms with Gasteiger partial charge in [-0.2, -0.15) is 0 Å². The van der Waals surface area contributed by atoms with Gasteiger partial charge < -0.3 is 19.4 Å². The number of nitrogens with zero attached hydrogens (tertiary/aromatic N) is 3. The summed E-state index contributed by atoms with van der Waals surface area (Å²) >= 11 is 1.86. The number of hydrogen-bond acceptors (Lipinski definition) is 6. The summed E-state index contributed by atoms with van der Waals surface area (Å²) in [6.07, 6.45) is 4.89. The van der Waals surface area contributed by atoms with Crippen LogP contribution in [0.5, 0.6) is 5.75 Å². The van der Waals surface area contributed by atoms with Crippen LogP contribution in [0.1, 0.15) is 34.0 Å². The van der Waals surface area contributed by atoms with Crippen LogP contribution in [-0.2, 0) is 34.8 Å². The molecule has 2 aliphatic rings. The summed E-state index contributed by atoms with van der Waals surface area (Å²) in [6.45, 7) is 5.87. The molecule has 2 aliphatic heterocycles. The summed E-state index contributed by atoms with van der Waals surface area (Å²) in [7, 11) is 1.64. The normalized spacial score (nSPS) is 19.9. The van der Waals surface area contributed by atoms with Crippen LogP contribution in [0.4, 0.5) is 0 Å². The second kappa shape index (κ2) is 9.29. The highest BCUT2D eigenvalue weighted by molar-refractivity contribution is 7.11. The van der Waals surface area contributed by atoms with E-state index in [1.165, 1.54) is 9.75 Å². The Morgan fingerprint density at radius 1 is 1.30 bits per heavy atom. The molecule has 0 saturated carbocycles. The number of ether oxygens (including phenoxy) is 2. The van der Waals surface area contributed by atoms with Crippen LogP contribution < -0.4 is 10.1 Å². The molecule has 1 amide bonds. The first-order valence-corrected chi connectivity index (χ1v) is 12.2. The SMILES string of the molecule is COc1cccc(CNC(=O)[C@H]2Cn3ccnc3C3(CCN(Cc4ccc(C)s4)CC3)O2)c1. The summed E-state index contributed by atoms with van der Waals surface area (Å²) in [5.41, 5.74) is 0.482. The topological polar surface area (TPSA) is 68.6 Å². The van der Waals surface area contributed by atoms with Gasteiger partial charge in [-0.3, -0.25) is 9.69 Å². The number of likely N-dealkylation sites (tertiary alicyclic amines) is 1. The van der Waals surface area contributed by atoms with Gasteiger partial charge in [0.15, 0.2) is 6.10 Å². The molecule has 0 radical (unpaired) electrons. The van der Waals surface area contributed by atoms with Crippen molar-refractivity contribution >= 4 is 17.2 Å². The molecule has 0 bridgehead atoms. The Labute approximate surface area is 198 Å². The predicted octanol–water partition coefficient (Wildman–Crippen LogP) is 3.47. The third kappa shape index (κ3) is 4.69. The van der Waals surface area contributed by atoms with Gasteiger partial charge in [0, 0.05) is 48.3 Å². The van der Waals surface area contributed by atoms with Crippen molar-refractivity contribution < 1.29 is 14.3 Å². The first kappa shape index (κ1) is 22.1. The number of aryl methyl sites for hydroxylation is 1. The Bertz CT molecular complexity index is 1120. The van der Waals surface area contributed by atoms with E-state index in [9.17, 15) is 4.79 Å². The predicted molar refractivity (Wildman–Crippen MR) is 127 cm³/mol. The van der Waals surface area contributed by atoms with Crippen molar-refractivity contribution in [3.8, 4) is 5.75 Å². The van der Waals surface area contributed by atoms with E-state index in [2.05, 4.69) is 38.8 Å². The maximum absolute atomic E-state index is 13.1. The van der Waals surface area contributed by atoms with E-state index in [4.69, 9.17) is 9.47 Å². The molecule has 7 nitrogen and oxygen atoms in total. The minimum Gasteiger partial charge on any atom is -0.497 e. The third-order valence-corrected chi connectivity index (χ3v) is 7.57. The molecular formula is C25H30N4O3S. The van der Waals surface area contributed by atoms with Gasteiger partial charge in [-0.05, 0) is 49.6 Å². The number of benzene rings is 1. The minimum absolute atomic E-state index is 0.0898. The molecule has 1 saturated heterocycles. The van der Waals surface area contributed by atoms with Crippen molar-refractivity contribution in [3.63, 3.8) is 0 Å². The molecule has 0 unspecified atom stereocenters. The van der Waals surface area contributed by atoms with Crippen LogP contribution in [0.25, 0.3) is 0 Å². The fourth-order valence-corrected chi connectivity index (χ4v) is 5.76. The van der Waals surface area contributed by atoms with Crippen LogP contribution in [0, 0.1) is 6.92 Å². The van der Waals surface area contributed by atoms with Crippen LogP contribution in [0.3, 0.4) is 0 Å². The Morgan fingerprint density at radius 2 is 2.15 bits per heavy atom. The van der Waals surface area contributed by atoms with E-state index in [0.29, 0.717) is 13.1 Å². The van der Waals surface area contributed by atoms with Gasteiger partial charge in [0.2, 0.25) is 0 Å². The van der Waals surface area contributed by atoms with Gasteiger partial charge in [0.1, 0.15) is 17.2 Å². The first-order chi connectivity index (χ1) is 16.0. The summed E-state index contributed by atoms with van der Waals surface area (Å²) in [4.78, 5) is 22.9. The standard InChI is InChI=1S/C25H30N4O3S/c1-18-6-7-21(33-18)16-28-11-8-25(9-12-28)24-26-10-13-29(24)17-22(32-25)23(30)27-15-19-4-3-5-20(14-19)31-2/h3-7,10,13-14,22H,8-9,11-12,15-17H2,1-2H3,(H,27,30)/t22-/m1/s1. The number of rotatable bonds is 6. The van der Waals surface area contributed by atoms with Crippen molar-refractivity contribution in [2.24, 2.45) is 0 Å². The van der Waals surface area contributed by atoms with Crippen LogP contribution in [0.15, 0.2) is 48.8 Å². The number of thiophene rings is 1. The highest BCUT2D eigenvalue weighted by Crippen LogP contribution is 2.40. The molecule has 3 aromatic rings. The highest BCUT2D eigenvalue weighted by atomic mass is 32.1. The number of piperidine rings is 1. The van der Waals surface area contributed by atoms with Crippen molar-refractivity contribution in [1.82, 2.24) is 19.8 Å². The van der Waals surface area contributed by atoms with E-state index >= 15 is 0 Å². The number of imidazole rings is 1. The smallest absolute Gasteiger partial charge is 0.251 e. The molecule has 174 valence electrons. The molecule has 1 atom stereocenters. The average molecular weight is 467 g/mol. The van der Waals surface area contributed by atoms with Gasteiger partial charge in [0.05, 0.1) is 13.7 Å². The lowest BCUT2D eigenvalue weighted by molar-refractivity contribution is -0.174. The zero-order chi connectivity index (χ0) is 22.8. The van der Waals surface area contributed by atoms with Crippen molar-refractivity contribution in [2.75, 3.05) is 20.2 Å². The summed E-state index contributed by atoms with van der Waals surface area (Å²) < 4.78 is 13.9. The quantitative estimate of drug-likeness (QED) is 0.603. The van der Waals surface area contributed by atoms with Crippen molar-refractivity contribution in [3.05, 3.63) is 69.9 Å². The number of carbonyl (C=O) groups is 1. The molecule has 5 rings (SSSR count). The number of fused-ring (bicyclic) bond motifs is 2. The number of aromatic nitrogens is 2. The van der Waals surface area contributed by atoms with E-state index in [0.717, 1.165) is 49.6 Å². The first-order valence-electron chi connectivity index (χ1n) is 11.4. The maximum atomic E-state index is 13.1. The summed E-state index contributed by atoms with van der Waals surface area (Å²) in [5.74, 6) is 1.64. The minimum atomic E-state index is -0.538. The second-order valence-electron chi connectivity index (χ2n) is 8.86. The molecule has 4 heterocycles. The molecular weight excluding hydrogens is 436 g/mol. The molecule has 0 aliphatic carbocycles. The Balaban J connectivity index is 1.25. The van der Waals surface area contributed by atoms with E-state index in [-0.39, 0.29) is 5.91 Å². The number of nitrogens with one attached hydrogen (secondary N) is 1. The van der Waals surface area contributed by atoms with Gasteiger partial charge in [0.25, 0.3) is 5.91 Å². The molecule has 1 fully saturated rings. The summed E-state index contributed by atoms with van der Waals surface area (Å²) in [6, 6.07) is 12.1. The fourth-order valence-electron chi connectivity index (χ4n) is 4.82. The van der Waals surface area contributed by atoms with Crippen LogP contribution in [-0.4, -0.2) is 46.7 Å². The lowest BCUT2D eigenvalue weighted by Gasteiger charge is -2.45. The van der Waals surface area contributed by atoms with Gasteiger partial charge in [-0.1, -0.05) is 12.1 Å². The Hall–Kier alpha value is -2.68. The van der Waals surface area contributed by atoms with Crippen LogP contribution >= 0.6 is 11.3 Å². The van der Waals surface area contributed by atoms with Crippen molar-refractivity contribution in [1.29, 1.82) is 0 Å². The molecule has 8 heteroatoms. The molecule has 1 spiro atoms. The Morgan fingerprint density at radius 3 is 2.91 bits per heavy atom. The second-order valence-corrected chi connectivity index (χ2v) is 10.2. The highest BCUT2D eigenvalue weighted by Gasteiger charge is 2.47. The van der Waals surface area contributed by atoms with E-state index < -0.39 is 11.7 Å². The zero-order valence-electron chi connectivity index (χ0n) is 19.1. The number of carbonyl (C=O) groups excluding carboxylic acids is 1. The Kier molecular flexibility index (Phi) is 6.23. The molecule has 1 N–H and O–H groups in total. The lowest BCUT2D eigenvalue weighted by Crippen LogP contribution is -2.53. The maximum Gasteiger partial charge on any atom is 0.251 e. The molecule has 1 aromatic carbocycles. The van der Waals surface area contributed by atoms with Gasteiger partial charge in [-0.15, -0.1) is 11.3 Å². The average Bonchev–Trinajstić information content (AvgIpc) is 3.48. The van der Waals surface area contributed by atoms with Crippen molar-refractivity contribution in [2.45, 2.75) is 51.1 Å². The zero-order valence-corrected chi connectivity index (χ0v) is 19.9. The largest absolute Gasteiger partial charge is 0.497 e. The van der Waals surface area contributed by atoms with Gasteiger partial charge in [-0.25, -0.2) is 4.98 Å². The number of hydrogen-bond donors (Lipinski definition) is 1. The monoisotopic (exact) mass is 466 g/mol. The number of methoxy groups -OCH3 is 1. The van der Waals surface area contributed by atoms with Crippen LogP contribution in [0.2, 0.25) is 0 Å². The van der Waals surface area contributed by atoms with E-state index in [1.54, 1.807) is 7.11 Å². The molecule has 33 heavy (non-hydrogen) atoms. The van der Waals surface area contributed by atoms with Gasteiger partial charge >= 0.3 is 0 Å². The third-order valence-electron chi connectivity index (χ3n) is 6.59.